The second-order valence-electron chi connectivity index (χ2n) is 5.74. The highest BCUT2D eigenvalue weighted by molar-refractivity contribution is 7.80. The Hall–Kier alpha value is -2.02. The zero-order chi connectivity index (χ0) is 17.3. The lowest BCUT2D eigenvalue weighted by Crippen LogP contribution is -2.39. The average molecular weight is 339 g/mol. The summed E-state index contributed by atoms with van der Waals surface area (Å²) in [5.74, 6) is 0.742. The molecular weight excluding hydrogens is 314 g/mol. The zero-order valence-electron chi connectivity index (χ0n) is 14.1. The minimum atomic E-state index is -0.503. The molecule has 1 aromatic rings. The van der Waals surface area contributed by atoms with E-state index < -0.39 is 11.7 Å². The van der Waals surface area contributed by atoms with Crippen molar-refractivity contribution in [1.82, 2.24) is 10.6 Å². The molecule has 0 aliphatic rings. The van der Waals surface area contributed by atoms with Gasteiger partial charge in [0.2, 0.25) is 0 Å². The fourth-order valence-corrected chi connectivity index (χ4v) is 1.88. The van der Waals surface area contributed by atoms with E-state index in [-0.39, 0.29) is 0 Å². The van der Waals surface area contributed by atoms with E-state index in [1.165, 1.54) is 0 Å². The minimum Gasteiger partial charge on any atom is -0.492 e. The van der Waals surface area contributed by atoms with Crippen LogP contribution in [0.5, 0.6) is 5.75 Å². The van der Waals surface area contributed by atoms with E-state index in [0.717, 1.165) is 11.4 Å². The van der Waals surface area contributed by atoms with E-state index in [4.69, 9.17) is 21.7 Å². The van der Waals surface area contributed by atoms with Gasteiger partial charge < -0.3 is 25.4 Å². The molecule has 0 aliphatic carbocycles. The number of alkyl carbamates (subject to hydrolysis) is 1. The second kappa shape index (κ2) is 9.19. The van der Waals surface area contributed by atoms with Crippen molar-refractivity contribution in [1.29, 1.82) is 0 Å². The van der Waals surface area contributed by atoms with Gasteiger partial charge in [0.15, 0.2) is 5.11 Å². The van der Waals surface area contributed by atoms with Crippen molar-refractivity contribution in [3.8, 4) is 5.75 Å². The molecule has 0 aliphatic heterocycles. The van der Waals surface area contributed by atoms with Crippen molar-refractivity contribution in [2.75, 3.05) is 25.0 Å². The van der Waals surface area contributed by atoms with Crippen molar-refractivity contribution in [3.63, 3.8) is 0 Å². The standard InChI is InChI=1S/C16H25N3O3S/c1-5-21-13-9-7-6-8-12(13)19-14(23)17-10-11-18-15(20)22-16(2,3)4/h6-9H,5,10-11H2,1-4H3,(H,18,20)(H2,17,19,23). The van der Waals surface area contributed by atoms with Gasteiger partial charge in [-0.1, -0.05) is 12.1 Å². The van der Waals surface area contributed by atoms with Crippen molar-refractivity contribution >= 4 is 29.1 Å². The van der Waals surface area contributed by atoms with E-state index in [9.17, 15) is 4.79 Å². The van der Waals surface area contributed by atoms with E-state index in [1.807, 2.05) is 52.0 Å². The molecule has 1 amide bonds. The van der Waals surface area contributed by atoms with Crippen LogP contribution in [0.25, 0.3) is 0 Å². The third-order valence-corrected chi connectivity index (χ3v) is 2.76. The monoisotopic (exact) mass is 339 g/mol. The summed E-state index contributed by atoms with van der Waals surface area (Å²) in [4.78, 5) is 11.5. The van der Waals surface area contributed by atoms with Gasteiger partial charge in [-0.15, -0.1) is 0 Å². The highest BCUT2D eigenvalue weighted by Crippen LogP contribution is 2.23. The van der Waals surface area contributed by atoms with Crippen LogP contribution < -0.4 is 20.7 Å². The smallest absolute Gasteiger partial charge is 0.407 e. The lowest BCUT2D eigenvalue weighted by atomic mass is 10.2. The number of hydrogen-bond acceptors (Lipinski definition) is 4. The number of amides is 1. The number of carbonyl (C=O) groups excluding carboxylic acids is 1. The lowest BCUT2D eigenvalue weighted by Gasteiger charge is -2.20. The third-order valence-electron chi connectivity index (χ3n) is 2.51. The van der Waals surface area contributed by atoms with Gasteiger partial charge in [0.05, 0.1) is 12.3 Å². The van der Waals surface area contributed by atoms with Crippen LogP contribution in [0.15, 0.2) is 24.3 Å². The Kier molecular flexibility index (Phi) is 7.61. The molecule has 0 heterocycles. The number of ether oxygens (including phenoxy) is 2. The topological polar surface area (TPSA) is 71.6 Å². The van der Waals surface area contributed by atoms with Gasteiger partial charge in [-0.25, -0.2) is 4.79 Å². The molecule has 0 saturated heterocycles. The molecule has 0 unspecified atom stereocenters. The number of para-hydroxylation sites is 2. The van der Waals surface area contributed by atoms with Crippen molar-refractivity contribution < 1.29 is 14.3 Å². The molecule has 0 atom stereocenters. The Morgan fingerprint density at radius 1 is 1.17 bits per heavy atom. The molecule has 128 valence electrons. The van der Waals surface area contributed by atoms with E-state index in [0.29, 0.717) is 24.8 Å². The minimum absolute atomic E-state index is 0.407. The maximum atomic E-state index is 11.5. The van der Waals surface area contributed by atoms with Crippen LogP contribution in [0.2, 0.25) is 0 Å². The molecular formula is C16H25N3O3S. The summed E-state index contributed by atoms with van der Waals surface area (Å²) in [7, 11) is 0. The maximum Gasteiger partial charge on any atom is 0.407 e. The molecule has 3 N–H and O–H groups in total. The molecule has 6 nitrogen and oxygen atoms in total. The first kappa shape index (κ1) is 19.0. The number of benzene rings is 1. The van der Waals surface area contributed by atoms with Gasteiger partial charge in [-0.05, 0) is 52.0 Å². The lowest BCUT2D eigenvalue weighted by molar-refractivity contribution is 0.0529. The SMILES string of the molecule is CCOc1ccccc1NC(=S)NCCNC(=O)OC(C)(C)C. The van der Waals surface area contributed by atoms with Crippen LogP contribution in [-0.2, 0) is 4.74 Å². The van der Waals surface area contributed by atoms with Crippen molar-refractivity contribution in [2.45, 2.75) is 33.3 Å². The summed E-state index contributed by atoms with van der Waals surface area (Å²) in [5.41, 5.74) is 0.295. The summed E-state index contributed by atoms with van der Waals surface area (Å²) >= 11 is 5.22. The summed E-state index contributed by atoms with van der Waals surface area (Å²) in [6, 6.07) is 7.56. The molecule has 7 heteroatoms. The van der Waals surface area contributed by atoms with Gasteiger partial charge >= 0.3 is 6.09 Å². The van der Waals surface area contributed by atoms with Crippen molar-refractivity contribution in [3.05, 3.63) is 24.3 Å². The second-order valence-corrected chi connectivity index (χ2v) is 6.15. The number of hydrogen-bond donors (Lipinski definition) is 3. The van der Waals surface area contributed by atoms with Gasteiger partial charge in [-0.3, -0.25) is 0 Å². The molecule has 0 saturated carbocycles. The molecule has 0 aromatic heterocycles. The van der Waals surface area contributed by atoms with Crippen LogP contribution >= 0.6 is 12.2 Å². The maximum absolute atomic E-state index is 11.5. The predicted octanol–water partition coefficient (Wildman–Crippen LogP) is 2.90. The van der Waals surface area contributed by atoms with Crippen LogP contribution in [0, 0.1) is 0 Å². The Bertz CT molecular complexity index is 530. The van der Waals surface area contributed by atoms with E-state index in [1.54, 1.807) is 0 Å². The largest absolute Gasteiger partial charge is 0.492 e. The molecule has 1 aromatic carbocycles. The van der Waals surface area contributed by atoms with E-state index >= 15 is 0 Å². The Labute approximate surface area is 142 Å². The average Bonchev–Trinajstić information content (AvgIpc) is 2.44. The van der Waals surface area contributed by atoms with Crippen molar-refractivity contribution in [2.24, 2.45) is 0 Å². The predicted molar refractivity (Wildman–Crippen MR) is 96.1 cm³/mol. The van der Waals surface area contributed by atoms with Crippen LogP contribution in [0.4, 0.5) is 10.5 Å². The van der Waals surface area contributed by atoms with Gasteiger partial charge in [0.25, 0.3) is 0 Å². The quantitative estimate of drug-likeness (QED) is 0.547. The molecule has 23 heavy (non-hydrogen) atoms. The summed E-state index contributed by atoms with van der Waals surface area (Å²) in [6.45, 7) is 8.86. The van der Waals surface area contributed by atoms with Gasteiger partial charge in [-0.2, -0.15) is 0 Å². The molecule has 0 bridgehead atoms. The summed E-state index contributed by atoms with van der Waals surface area (Å²) in [5, 5.41) is 9.20. The number of carbonyl (C=O) groups is 1. The third kappa shape index (κ3) is 8.25. The van der Waals surface area contributed by atoms with Crippen LogP contribution in [0.3, 0.4) is 0 Å². The van der Waals surface area contributed by atoms with E-state index in [2.05, 4.69) is 16.0 Å². The number of anilines is 1. The molecule has 0 fully saturated rings. The first-order chi connectivity index (χ1) is 10.8. The number of rotatable bonds is 6. The highest BCUT2D eigenvalue weighted by atomic mass is 32.1. The first-order valence-corrected chi connectivity index (χ1v) is 7.96. The molecule has 1 rings (SSSR count). The fourth-order valence-electron chi connectivity index (χ4n) is 1.67. The Balaban J connectivity index is 2.31. The van der Waals surface area contributed by atoms with Crippen LogP contribution in [-0.4, -0.2) is 36.5 Å². The normalized spacial score (nSPS) is 10.6. The molecule has 0 radical (unpaired) electrons. The zero-order valence-corrected chi connectivity index (χ0v) is 14.9. The summed E-state index contributed by atoms with van der Waals surface area (Å²) in [6.07, 6.45) is -0.445. The number of nitrogens with one attached hydrogen (secondary N) is 3. The Morgan fingerprint density at radius 2 is 1.83 bits per heavy atom. The first-order valence-electron chi connectivity index (χ1n) is 7.55. The Morgan fingerprint density at radius 3 is 2.48 bits per heavy atom. The highest BCUT2D eigenvalue weighted by Gasteiger charge is 2.15. The summed E-state index contributed by atoms with van der Waals surface area (Å²) < 4.78 is 10.7. The molecule has 0 spiro atoms. The van der Waals surface area contributed by atoms with Crippen LogP contribution in [0.1, 0.15) is 27.7 Å². The fraction of sp³-hybridized carbons (Fsp3) is 0.500. The van der Waals surface area contributed by atoms with Gasteiger partial charge in [0.1, 0.15) is 11.4 Å². The van der Waals surface area contributed by atoms with Gasteiger partial charge in [0, 0.05) is 13.1 Å². The number of thiocarbonyl (C=S) groups is 1.